The topological polar surface area (TPSA) is 77.8 Å². The number of aliphatic carboxylic acids is 1. The van der Waals surface area contributed by atoms with E-state index in [1.54, 1.807) is 0 Å². The van der Waals surface area contributed by atoms with E-state index in [9.17, 15) is 4.79 Å². The minimum Gasteiger partial charge on any atom is -1.00 e. The Balaban J connectivity index is -0.000000107. The van der Waals surface area contributed by atoms with Gasteiger partial charge in [0.1, 0.15) is 0 Å². The van der Waals surface area contributed by atoms with Crippen molar-refractivity contribution in [3.63, 3.8) is 0 Å². The number of hydrogen-bond donors (Lipinski definition) is 3. The number of carbonyl (C=O) groups is 1. The summed E-state index contributed by atoms with van der Waals surface area (Å²) < 4.78 is 0. The Morgan fingerprint density at radius 1 is 1.50 bits per heavy atom. The molecule has 0 fully saturated rings. The molecule has 0 saturated carbocycles. The van der Waals surface area contributed by atoms with Crippen LogP contribution in [0.2, 0.25) is 0 Å². The van der Waals surface area contributed by atoms with E-state index < -0.39 is 18.5 Å². The molecule has 0 aromatic heterocycles. The maximum atomic E-state index is 10.0. The van der Waals surface area contributed by atoms with Crippen LogP contribution in [0.25, 0.3) is 0 Å². The minimum absolute atomic E-state index is 0. The van der Waals surface area contributed by atoms with Gasteiger partial charge in [0.15, 0.2) is 0 Å². The average Bonchev–Trinajstić information content (AvgIpc) is 1.82. The molecule has 0 aliphatic heterocycles. The fourth-order valence-electron chi connectivity index (χ4n) is 0.449. The number of rotatable bonds is 4. The second-order valence-electron chi connectivity index (χ2n) is 1.73. The van der Waals surface area contributed by atoms with Crippen molar-refractivity contribution in [2.75, 3.05) is 13.2 Å². The van der Waals surface area contributed by atoms with Crippen LogP contribution in [0.4, 0.5) is 0 Å². The fourth-order valence-corrected chi connectivity index (χ4v) is 0.449. The smallest absolute Gasteiger partial charge is 1.00 e. The van der Waals surface area contributed by atoms with Gasteiger partial charge >= 0.3 is 29.0 Å². The zero-order valence-corrected chi connectivity index (χ0v) is 7.07. The molecule has 0 saturated heterocycles. The first kappa shape index (κ1) is 12.8. The van der Waals surface area contributed by atoms with E-state index in [-0.39, 0.29) is 38.9 Å². The Morgan fingerprint density at radius 3 is 2.10 bits per heavy atom. The standard InChI is InChI=1S/C5H10O4.Mg.2H/c6-2-1-4(3-7)5(8)9;;;/h4,6-7H,1-3H2,(H,8,9);;;/q;+2;2*-1. The molecule has 0 aliphatic rings. The molecule has 0 rings (SSSR count). The van der Waals surface area contributed by atoms with Gasteiger partial charge < -0.3 is 18.2 Å². The predicted octanol–water partition coefficient (Wildman–Crippen LogP) is -1.09. The van der Waals surface area contributed by atoms with Gasteiger partial charge in [0.05, 0.1) is 12.5 Å². The van der Waals surface area contributed by atoms with Gasteiger partial charge in [-0.15, -0.1) is 0 Å². The molecule has 0 spiro atoms. The zero-order chi connectivity index (χ0) is 7.28. The maximum absolute atomic E-state index is 10.0. The first-order valence-corrected chi connectivity index (χ1v) is 2.67. The summed E-state index contributed by atoms with van der Waals surface area (Å²) in [5.74, 6) is -1.87. The van der Waals surface area contributed by atoms with Gasteiger partial charge in [-0.2, -0.15) is 0 Å². The Hall–Kier alpha value is 0.156. The van der Waals surface area contributed by atoms with Crippen LogP contribution < -0.4 is 0 Å². The summed E-state index contributed by atoms with van der Waals surface area (Å²) in [4.78, 5) is 10.0. The summed E-state index contributed by atoms with van der Waals surface area (Å²) in [6.07, 6.45) is 0.117. The fraction of sp³-hybridized carbons (Fsp3) is 0.800. The number of hydrogen-bond acceptors (Lipinski definition) is 3. The summed E-state index contributed by atoms with van der Waals surface area (Å²) in [6.45, 7) is -0.604. The van der Waals surface area contributed by atoms with Crippen LogP contribution in [0.1, 0.15) is 9.27 Å². The van der Waals surface area contributed by atoms with E-state index in [0.717, 1.165) is 0 Å². The number of carboxylic acids is 1. The third kappa shape index (κ3) is 4.98. The van der Waals surface area contributed by atoms with Crippen LogP contribution in [0.5, 0.6) is 0 Å². The summed E-state index contributed by atoms with van der Waals surface area (Å²) in [5.41, 5.74) is 0. The van der Waals surface area contributed by atoms with Crippen LogP contribution in [0, 0.1) is 5.92 Å². The molecule has 0 bridgehead atoms. The zero-order valence-electron chi connectivity index (χ0n) is 7.66. The Morgan fingerprint density at radius 2 is 2.00 bits per heavy atom. The third-order valence-electron chi connectivity index (χ3n) is 1.05. The van der Waals surface area contributed by atoms with Crippen molar-refractivity contribution in [3.05, 3.63) is 0 Å². The van der Waals surface area contributed by atoms with E-state index in [4.69, 9.17) is 15.3 Å². The molecule has 5 heteroatoms. The van der Waals surface area contributed by atoms with E-state index in [2.05, 4.69) is 0 Å². The number of carboxylic acid groups (broad SMARTS) is 1. The molecular weight excluding hydrogens is 148 g/mol. The van der Waals surface area contributed by atoms with E-state index in [1.807, 2.05) is 0 Å². The molecule has 0 aromatic carbocycles. The summed E-state index contributed by atoms with van der Waals surface area (Å²) in [5, 5.41) is 24.8. The van der Waals surface area contributed by atoms with Crippen molar-refractivity contribution >= 4 is 29.0 Å². The Labute approximate surface area is 78.0 Å². The molecule has 0 aliphatic carbocycles. The molecular formula is C5H12MgO4. The average molecular weight is 160 g/mol. The second kappa shape index (κ2) is 7.27. The van der Waals surface area contributed by atoms with Gasteiger partial charge in [0.2, 0.25) is 0 Å². The summed E-state index contributed by atoms with van der Waals surface area (Å²) in [6, 6.07) is 0. The van der Waals surface area contributed by atoms with Crippen LogP contribution in [-0.4, -0.2) is 57.6 Å². The van der Waals surface area contributed by atoms with Gasteiger partial charge in [-0.3, -0.25) is 4.79 Å². The first-order chi connectivity index (χ1) is 4.22. The van der Waals surface area contributed by atoms with E-state index in [0.29, 0.717) is 0 Å². The molecule has 0 amide bonds. The Kier molecular flexibility index (Phi) is 9.30. The third-order valence-corrected chi connectivity index (χ3v) is 1.05. The van der Waals surface area contributed by atoms with Gasteiger partial charge in [-0.25, -0.2) is 0 Å². The summed E-state index contributed by atoms with van der Waals surface area (Å²) in [7, 11) is 0. The molecule has 0 aromatic rings. The monoisotopic (exact) mass is 160 g/mol. The van der Waals surface area contributed by atoms with Crippen LogP contribution >= 0.6 is 0 Å². The number of aliphatic hydroxyl groups is 2. The van der Waals surface area contributed by atoms with Crippen molar-refractivity contribution in [2.45, 2.75) is 6.42 Å². The number of aliphatic hydroxyl groups excluding tert-OH is 2. The molecule has 0 radical (unpaired) electrons. The maximum Gasteiger partial charge on any atom is 2.00 e. The van der Waals surface area contributed by atoms with Crippen LogP contribution in [-0.2, 0) is 4.79 Å². The van der Waals surface area contributed by atoms with Crippen molar-refractivity contribution in [1.29, 1.82) is 0 Å². The van der Waals surface area contributed by atoms with Crippen molar-refractivity contribution in [2.24, 2.45) is 5.92 Å². The molecule has 10 heavy (non-hydrogen) atoms. The van der Waals surface area contributed by atoms with Crippen molar-refractivity contribution < 1.29 is 23.0 Å². The normalized spacial score (nSPS) is 11.8. The van der Waals surface area contributed by atoms with E-state index in [1.165, 1.54) is 0 Å². The molecule has 4 nitrogen and oxygen atoms in total. The van der Waals surface area contributed by atoms with Crippen molar-refractivity contribution in [3.8, 4) is 0 Å². The molecule has 1 unspecified atom stereocenters. The first-order valence-electron chi connectivity index (χ1n) is 2.67. The van der Waals surface area contributed by atoms with Crippen molar-refractivity contribution in [1.82, 2.24) is 0 Å². The van der Waals surface area contributed by atoms with Gasteiger partial charge in [-0.1, -0.05) is 0 Å². The second-order valence-corrected chi connectivity index (χ2v) is 1.73. The quantitative estimate of drug-likeness (QED) is 0.457. The SMILES string of the molecule is O=C(O)C(CO)CCO.[H-].[H-].[Mg+2]. The van der Waals surface area contributed by atoms with Gasteiger partial charge in [0.25, 0.3) is 0 Å². The van der Waals surface area contributed by atoms with E-state index >= 15 is 0 Å². The van der Waals surface area contributed by atoms with Crippen LogP contribution in [0.15, 0.2) is 0 Å². The molecule has 1 atom stereocenters. The van der Waals surface area contributed by atoms with Gasteiger partial charge in [-0.05, 0) is 6.42 Å². The Bertz CT molecular complexity index is 103. The predicted molar refractivity (Wildman–Crippen MR) is 37.9 cm³/mol. The molecule has 0 heterocycles. The minimum atomic E-state index is -1.06. The molecule has 3 N–H and O–H groups in total. The molecule has 58 valence electrons. The summed E-state index contributed by atoms with van der Waals surface area (Å²) >= 11 is 0. The largest absolute Gasteiger partial charge is 2.00 e. The van der Waals surface area contributed by atoms with Crippen LogP contribution in [0.3, 0.4) is 0 Å². The van der Waals surface area contributed by atoms with Gasteiger partial charge in [0, 0.05) is 6.61 Å².